The van der Waals surface area contributed by atoms with Crippen molar-refractivity contribution < 1.29 is 5.11 Å². The second-order valence-electron chi connectivity index (χ2n) is 5.45. The minimum atomic E-state index is 0.281. The first kappa shape index (κ1) is 12.4. The molecular formula is C16H20N2O. The Hall–Kier alpha value is -1.61. The maximum Gasteiger partial charge on any atom is 0.129 e. The molecule has 3 rings (SSSR count). The molecule has 1 saturated heterocycles. The summed E-state index contributed by atoms with van der Waals surface area (Å²) in [5.74, 6) is 1.44. The summed E-state index contributed by atoms with van der Waals surface area (Å²) in [5, 5.41) is 10.6. The van der Waals surface area contributed by atoms with E-state index in [4.69, 9.17) is 4.98 Å². The third-order valence-corrected chi connectivity index (χ3v) is 4.01. The van der Waals surface area contributed by atoms with Gasteiger partial charge in [-0.1, -0.05) is 18.2 Å². The molecule has 0 spiro atoms. The number of aryl methyl sites for hydroxylation is 1. The second kappa shape index (κ2) is 5.17. The van der Waals surface area contributed by atoms with E-state index in [9.17, 15) is 5.11 Å². The minimum Gasteiger partial charge on any atom is -0.396 e. The highest BCUT2D eigenvalue weighted by Crippen LogP contribution is 2.26. The molecule has 0 amide bonds. The summed E-state index contributed by atoms with van der Waals surface area (Å²) in [7, 11) is 0. The zero-order valence-corrected chi connectivity index (χ0v) is 11.3. The number of anilines is 1. The number of aliphatic hydroxyl groups is 1. The summed E-state index contributed by atoms with van der Waals surface area (Å²) in [5.41, 5.74) is 2.33. The molecule has 1 aromatic heterocycles. The molecule has 1 N–H and O–H groups in total. The van der Waals surface area contributed by atoms with E-state index in [2.05, 4.69) is 36.1 Å². The third-order valence-electron chi connectivity index (χ3n) is 4.01. The van der Waals surface area contributed by atoms with Crippen molar-refractivity contribution in [2.75, 3.05) is 24.6 Å². The lowest BCUT2D eigenvalue weighted by Crippen LogP contribution is -2.37. The number of aromatic nitrogens is 1. The van der Waals surface area contributed by atoms with Gasteiger partial charge in [0, 0.05) is 25.1 Å². The quantitative estimate of drug-likeness (QED) is 0.897. The molecule has 0 saturated carbocycles. The SMILES string of the molecule is Cc1cc(N2CCCC(CO)C2)nc2ccccc12. The van der Waals surface area contributed by atoms with Gasteiger partial charge in [0.25, 0.3) is 0 Å². The van der Waals surface area contributed by atoms with Crippen LogP contribution in [-0.2, 0) is 0 Å². The van der Waals surface area contributed by atoms with Crippen LogP contribution < -0.4 is 4.90 Å². The number of fused-ring (bicyclic) bond motifs is 1. The molecule has 100 valence electrons. The average Bonchev–Trinajstić information content (AvgIpc) is 2.47. The lowest BCUT2D eigenvalue weighted by atomic mass is 9.99. The monoisotopic (exact) mass is 256 g/mol. The van der Waals surface area contributed by atoms with Crippen LogP contribution in [0.2, 0.25) is 0 Å². The van der Waals surface area contributed by atoms with E-state index in [-0.39, 0.29) is 6.61 Å². The van der Waals surface area contributed by atoms with Crippen LogP contribution in [0.15, 0.2) is 30.3 Å². The third kappa shape index (κ3) is 2.43. The smallest absolute Gasteiger partial charge is 0.129 e. The van der Waals surface area contributed by atoms with Crippen LogP contribution in [0.1, 0.15) is 18.4 Å². The van der Waals surface area contributed by atoms with Crippen molar-refractivity contribution in [3.05, 3.63) is 35.9 Å². The highest BCUT2D eigenvalue weighted by atomic mass is 16.3. The number of pyridine rings is 1. The fraction of sp³-hybridized carbons (Fsp3) is 0.438. The number of aliphatic hydroxyl groups excluding tert-OH is 1. The first-order valence-electron chi connectivity index (χ1n) is 7.00. The molecular weight excluding hydrogens is 236 g/mol. The molecule has 3 nitrogen and oxygen atoms in total. The molecule has 1 unspecified atom stereocenters. The maximum absolute atomic E-state index is 9.33. The predicted molar refractivity (Wildman–Crippen MR) is 78.5 cm³/mol. The second-order valence-corrected chi connectivity index (χ2v) is 5.45. The van der Waals surface area contributed by atoms with Gasteiger partial charge in [-0.05, 0) is 43.4 Å². The number of hydrogen-bond donors (Lipinski definition) is 1. The van der Waals surface area contributed by atoms with Crippen LogP contribution in [-0.4, -0.2) is 29.8 Å². The predicted octanol–water partition coefficient (Wildman–Crippen LogP) is 2.75. The zero-order valence-electron chi connectivity index (χ0n) is 11.3. The van der Waals surface area contributed by atoms with Gasteiger partial charge in [0.15, 0.2) is 0 Å². The van der Waals surface area contributed by atoms with Gasteiger partial charge >= 0.3 is 0 Å². The fourth-order valence-electron chi connectivity index (χ4n) is 2.92. The van der Waals surface area contributed by atoms with Crippen molar-refractivity contribution in [2.45, 2.75) is 19.8 Å². The fourth-order valence-corrected chi connectivity index (χ4v) is 2.92. The van der Waals surface area contributed by atoms with Crippen LogP contribution in [0, 0.1) is 12.8 Å². The summed E-state index contributed by atoms with van der Waals surface area (Å²) in [4.78, 5) is 7.08. The Morgan fingerprint density at radius 1 is 1.37 bits per heavy atom. The van der Waals surface area contributed by atoms with Gasteiger partial charge in [-0.2, -0.15) is 0 Å². The van der Waals surface area contributed by atoms with Crippen molar-refractivity contribution in [1.29, 1.82) is 0 Å². The van der Waals surface area contributed by atoms with Crippen LogP contribution >= 0.6 is 0 Å². The van der Waals surface area contributed by atoms with Crippen molar-refractivity contribution in [3.8, 4) is 0 Å². The van der Waals surface area contributed by atoms with E-state index in [1.807, 2.05) is 6.07 Å². The first-order chi connectivity index (χ1) is 9.28. The molecule has 0 bridgehead atoms. The van der Waals surface area contributed by atoms with Crippen LogP contribution in [0.5, 0.6) is 0 Å². The Kier molecular flexibility index (Phi) is 3.38. The van der Waals surface area contributed by atoms with Crippen LogP contribution in [0.3, 0.4) is 0 Å². The highest BCUT2D eigenvalue weighted by molar-refractivity contribution is 5.83. The molecule has 19 heavy (non-hydrogen) atoms. The van der Waals surface area contributed by atoms with Gasteiger partial charge in [0.05, 0.1) is 5.52 Å². The van der Waals surface area contributed by atoms with Crippen LogP contribution in [0.4, 0.5) is 5.82 Å². The topological polar surface area (TPSA) is 36.4 Å². The molecule has 0 radical (unpaired) electrons. The Labute approximate surface area is 113 Å². The van der Waals surface area contributed by atoms with E-state index in [1.165, 1.54) is 10.9 Å². The summed E-state index contributed by atoms with van der Waals surface area (Å²) in [6, 6.07) is 10.4. The van der Waals surface area contributed by atoms with Crippen molar-refractivity contribution in [3.63, 3.8) is 0 Å². The largest absolute Gasteiger partial charge is 0.396 e. The average molecular weight is 256 g/mol. The number of hydrogen-bond acceptors (Lipinski definition) is 3. The van der Waals surface area contributed by atoms with Gasteiger partial charge in [-0.25, -0.2) is 4.98 Å². The lowest BCUT2D eigenvalue weighted by molar-refractivity contribution is 0.208. The van der Waals surface area contributed by atoms with E-state index < -0.39 is 0 Å². The lowest BCUT2D eigenvalue weighted by Gasteiger charge is -2.33. The van der Waals surface area contributed by atoms with Crippen molar-refractivity contribution >= 4 is 16.7 Å². The molecule has 2 heterocycles. The normalized spacial score (nSPS) is 19.9. The summed E-state index contributed by atoms with van der Waals surface area (Å²) in [6.45, 7) is 4.38. The molecule has 1 aromatic carbocycles. The molecule has 1 aliphatic rings. The Morgan fingerprint density at radius 3 is 3.05 bits per heavy atom. The Balaban J connectivity index is 1.96. The van der Waals surface area contributed by atoms with E-state index in [0.29, 0.717) is 5.92 Å². The van der Waals surface area contributed by atoms with Gasteiger partial charge in [0.1, 0.15) is 5.82 Å². The first-order valence-corrected chi connectivity index (χ1v) is 7.00. The number of para-hydroxylation sites is 1. The van der Waals surface area contributed by atoms with E-state index in [0.717, 1.165) is 37.3 Å². The molecule has 1 fully saturated rings. The van der Waals surface area contributed by atoms with Crippen molar-refractivity contribution in [1.82, 2.24) is 4.98 Å². The Bertz CT molecular complexity index is 582. The summed E-state index contributed by atoms with van der Waals surface area (Å²) < 4.78 is 0. The van der Waals surface area contributed by atoms with E-state index in [1.54, 1.807) is 0 Å². The minimum absolute atomic E-state index is 0.281. The zero-order chi connectivity index (χ0) is 13.2. The number of nitrogens with zero attached hydrogens (tertiary/aromatic N) is 2. The Morgan fingerprint density at radius 2 is 2.21 bits per heavy atom. The van der Waals surface area contributed by atoms with Crippen LogP contribution in [0.25, 0.3) is 10.9 Å². The maximum atomic E-state index is 9.33. The van der Waals surface area contributed by atoms with Gasteiger partial charge < -0.3 is 10.0 Å². The number of benzene rings is 1. The number of piperidine rings is 1. The molecule has 1 atom stereocenters. The van der Waals surface area contributed by atoms with E-state index >= 15 is 0 Å². The summed E-state index contributed by atoms with van der Waals surface area (Å²) in [6.07, 6.45) is 2.26. The molecule has 0 aliphatic carbocycles. The molecule has 1 aliphatic heterocycles. The standard InChI is InChI=1S/C16H20N2O/c1-12-9-16(17-15-7-3-2-6-14(12)15)18-8-4-5-13(10-18)11-19/h2-3,6-7,9,13,19H,4-5,8,10-11H2,1H3. The molecule has 3 heteroatoms. The van der Waals surface area contributed by atoms with Crippen molar-refractivity contribution in [2.24, 2.45) is 5.92 Å². The van der Waals surface area contributed by atoms with Gasteiger partial charge in [0.2, 0.25) is 0 Å². The number of rotatable bonds is 2. The van der Waals surface area contributed by atoms with Gasteiger partial charge in [-0.3, -0.25) is 0 Å². The molecule has 2 aromatic rings. The highest BCUT2D eigenvalue weighted by Gasteiger charge is 2.20. The van der Waals surface area contributed by atoms with Gasteiger partial charge in [-0.15, -0.1) is 0 Å². The summed E-state index contributed by atoms with van der Waals surface area (Å²) >= 11 is 0.